The summed E-state index contributed by atoms with van der Waals surface area (Å²) in [4.78, 5) is 25.1. The molecular weight excluding hydrogens is 349 g/mol. The molecule has 10 heteroatoms. The van der Waals surface area contributed by atoms with Gasteiger partial charge in [-0.05, 0) is 31.2 Å². The van der Waals surface area contributed by atoms with E-state index in [1.54, 1.807) is 0 Å². The van der Waals surface area contributed by atoms with Crippen LogP contribution in [-0.4, -0.2) is 43.3 Å². The van der Waals surface area contributed by atoms with Gasteiger partial charge in [0.2, 0.25) is 11.8 Å². The Morgan fingerprint density at radius 3 is 2.56 bits per heavy atom. The lowest BCUT2D eigenvalue weighted by molar-refractivity contribution is -0.138. The van der Waals surface area contributed by atoms with Gasteiger partial charge in [0.15, 0.2) is 5.96 Å². The minimum absolute atomic E-state index is 0.134. The largest absolute Gasteiger partial charge is 0.436 e. The number of nitrogens with one attached hydrogen (secondary N) is 4. The van der Waals surface area contributed by atoms with Gasteiger partial charge in [-0.15, -0.1) is 0 Å². The third-order valence-corrected chi connectivity index (χ3v) is 4.44. The zero-order valence-corrected chi connectivity index (χ0v) is 15.2. The first-order valence-corrected chi connectivity index (χ1v) is 8.91. The fourth-order valence-corrected chi connectivity index (χ4v) is 2.71. The van der Waals surface area contributed by atoms with Crippen LogP contribution in [0.3, 0.4) is 0 Å². The molecule has 0 bridgehead atoms. The van der Waals surface area contributed by atoms with Crippen LogP contribution in [0.5, 0.6) is 0 Å². The molecule has 1 aliphatic rings. The molecule has 9 nitrogen and oxygen atoms in total. The third-order valence-electron chi connectivity index (χ3n) is 4.44. The molecule has 0 radical (unpaired) electrons. The van der Waals surface area contributed by atoms with Crippen LogP contribution in [0, 0.1) is 10.8 Å². The zero-order chi connectivity index (χ0) is 19.7. The van der Waals surface area contributed by atoms with Gasteiger partial charge in [-0.2, -0.15) is 0 Å². The normalized spacial score (nSPS) is 15.3. The van der Waals surface area contributed by atoms with E-state index in [-0.39, 0.29) is 11.9 Å². The number of rotatable bonds is 11. The molecule has 1 fully saturated rings. The van der Waals surface area contributed by atoms with Gasteiger partial charge in [0.25, 0.3) is 0 Å². The van der Waals surface area contributed by atoms with E-state index in [1.807, 2.05) is 30.3 Å². The molecule has 1 saturated carbocycles. The summed E-state index contributed by atoms with van der Waals surface area (Å²) >= 11 is 0. The highest BCUT2D eigenvalue weighted by molar-refractivity contribution is 6.16. The summed E-state index contributed by atoms with van der Waals surface area (Å²) in [5.41, 5.74) is 5.10. The molecule has 2 rings (SSSR count). The molecular formula is C17H26BN5O4. The van der Waals surface area contributed by atoms with Gasteiger partial charge in [0.05, 0.1) is 0 Å². The molecule has 146 valence electrons. The van der Waals surface area contributed by atoms with Gasteiger partial charge in [-0.1, -0.05) is 30.3 Å². The van der Waals surface area contributed by atoms with Crippen LogP contribution < -0.4 is 21.7 Å². The van der Waals surface area contributed by atoms with E-state index < -0.39 is 25.2 Å². The van der Waals surface area contributed by atoms with E-state index in [4.69, 9.17) is 20.8 Å². The first kappa shape index (κ1) is 20.7. The summed E-state index contributed by atoms with van der Waals surface area (Å²) in [5, 5.41) is 24.3. The lowest BCUT2D eigenvalue weighted by Gasteiger charge is -2.22. The van der Waals surface area contributed by atoms with Gasteiger partial charge in [-0.25, -0.2) is 0 Å². The number of carbonyl (C=O) groups is 2. The summed E-state index contributed by atoms with van der Waals surface area (Å²) in [6.45, 7) is 0.807. The van der Waals surface area contributed by atoms with Gasteiger partial charge in [0.1, 0.15) is 11.6 Å². The van der Waals surface area contributed by atoms with Crippen molar-refractivity contribution >= 4 is 25.5 Å². The van der Waals surface area contributed by atoms with Crippen molar-refractivity contribution in [3.63, 3.8) is 0 Å². The summed E-state index contributed by atoms with van der Waals surface area (Å²) in [6, 6.07) is 9.48. The minimum atomic E-state index is -1.07. The van der Waals surface area contributed by atoms with Crippen molar-refractivity contribution in [3.8, 4) is 0 Å². The van der Waals surface area contributed by atoms with Crippen LogP contribution in [-0.2, 0) is 20.8 Å². The number of guanidine groups is 1. The number of hydrogen-bond acceptors (Lipinski definition) is 5. The lowest BCUT2D eigenvalue weighted by atomic mass is 10.0. The van der Waals surface area contributed by atoms with Crippen LogP contribution in [0.2, 0.25) is 0 Å². The van der Waals surface area contributed by atoms with Crippen molar-refractivity contribution in [1.29, 1.82) is 5.41 Å². The second-order valence-corrected chi connectivity index (χ2v) is 6.49. The maximum Gasteiger partial charge on any atom is 0.436 e. The van der Waals surface area contributed by atoms with Gasteiger partial charge in [-0.3, -0.25) is 15.0 Å². The molecule has 1 atom stereocenters. The average molecular weight is 375 g/mol. The molecule has 0 aliphatic heterocycles. The SMILES string of the molecule is N=C(N)NCCC[C@H](NC(=O)C1(C(=O)NCc2ccccc2)CC1)OBO. The highest BCUT2D eigenvalue weighted by Gasteiger charge is 2.56. The smallest absolute Gasteiger partial charge is 0.430 e. The quantitative estimate of drug-likeness (QED) is 0.0734. The number of carbonyl (C=O) groups excluding carboxylic acids is 2. The lowest BCUT2D eigenvalue weighted by Crippen LogP contribution is -2.47. The van der Waals surface area contributed by atoms with Crippen LogP contribution in [0.15, 0.2) is 30.3 Å². The molecule has 1 aliphatic carbocycles. The molecule has 0 aromatic heterocycles. The number of amides is 2. The van der Waals surface area contributed by atoms with Gasteiger partial charge >= 0.3 is 7.69 Å². The Bertz CT molecular complexity index is 654. The minimum Gasteiger partial charge on any atom is -0.430 e. The molecule has 1 aromatic rings. The molecule has 0 unspecified atom stereocenters. The summed E-state index contributed by atoms with van der Waals surface area (Å²) in [7, 11) is -0.543. The number of benzene rings is 1. The van der Waals surface area contributed by atoms with Gasteiger partial charge in [0, 0.05) is 13.1 Å². The predicted octanol–water partition coefficient (Wildman–Crippen LogP) is -0.936. The summed E-state index contributed by atoms with van der Waals surface area (Å²) < 4.78 is 5.13. The van der Waals surface area contributed by atoms with Gasteiger partial charge < -0.3 is 31.4 Å². The molecule has 1 aromatic carbocycles. The van der Waals surface area contributed by atoms with E-state index in [0.29, 0.717) is 38.8 Å². The van der Waals surface area contributed by atoms with Crippen molar-refractivity contribution in [3.05, 3.63) is 35.9 Å². The van der Waals surface area contributed by atoms with Crippen molar-refractivity contribution in [2.75, 3.05) is 6.54 Å². The first-order chi connectivity index (χ1) is 13.0. The Balaban J connectivity index is 1.83. The van der Waals surface area contributed by atoms with Crippen molar-refractivity contribution < 1.29 is 19.3 Å². The molecule has 2 amide bonds. The third kappa shape index (κ3) is 6.26. The van der Waals surface area contributed by atoms with Crippen molar-refractivity contribution in [2.45, 2.75) is 38.5 Å². The van der Waals surface area contributed by atoms with Crippen LogP contribution >= 0.6 is 0 Å². The molecule has 0 heterocycles. The first-order valence-electron chi connectivity index (χ1n) is 8.91. The molecule has 7 N–H and O–H groups in total. The fourth-order valence-electron chi connectivity index (χ4n) is 2.71. The van der Waals surface area contributed by atoms with Crippen molar-refractivity contribution in [2.24, 2.45) is 11.1 Å². The second kappa shape index (κ2) is 9.93. The Labute approximate surface area is 158 Å². The Hall–Kier alpha value is -2.59. The molecule has 27 heavy (non-hydrogen) atoms. The van der Waals surface area contributed by atoms with E-state index >= 15 is 0 Å². The number of nitrogens with two attached hydrogens (primary N) is 1. The number of hydrogen-bond donors (Lipinski definition) is 6. The average Bonchev–Trinajstić information content (AvgIpc) is 3.46. The predicted molar refractivity (Wildman–Crippen MR) is 101 cm³/mol. The molecule has 0 spiro atoms. The Morgan fingerprint density at radius 2 is 1.96 bits per heavy atom. The topological polar surface area (TPSA) is 150 Å². The maximum atomic E-state index is 12.6. The monoisotopic (exact) mass is 375 g/mol. The summed E-state index contributed by atoms with van der Waals surface area (Å²) in [5.74, 6) is -0.832. The van der Waals surface area contributed by atoms with E-state index in [2.05, 4.69) is 16.0 Å². The van der Waals surface area contributed by atoms with Crippen LogP contribution in [0.4, 0.5) is 0 Å². The van der Waals surface area contributed by atoms with E-state index in [0.717, 1.165) is 5.56 Å². The maximum absolute atomic E-state index is 12.6. The standard InChI is InChI=1S/C17H26BN5O4/c19-16(20)21-10-4-7-13(27-18-26)23-15(25)17(8-9-17)14(24)22-11-12-5-2-1-3-6-12/h1-3,5-6,13,18,26H,4,7-11H2,(H,22,24)(H,23,25)(H4,19,20,21)/t13-/m1/s1. The van der Waals surface area contributed by atoms with E-state index in [9.17, 15) is 9.59 Å². The second-order valence-electron chi connectivity index (χ2n) is 6.49. The highest BCUT2D eigenvalue weighted by Crippen LogP contribution is 2.46. The van der Waals surface area contributed by atoms with Crippen LogP contribution in [0.1, 0.15) is 31.2 Å². The van der Waals surface area contributed by atoms with Crippen LogP contribution in [0.25, 0.3) is 0 Å². The summed E-state index contributed by atoms with van der Waals surface area (Å²) in [6.07, 6.45) is 1.23. The Morgan fingerprint density at radius 1 is 1.26 bits per heavy atom. The Kier molecular flexibility index (Phi) is 7.62. The molecule has 0 saturated heterocycles. The fraction of sp³-hybridized carbons (Fsp3) is 0.471. The van der Waals surface area contributed by atoms with E-state index in [1.165, 1.54) is 0 Å². The highest BCUT2D eigenvalue weighted by atomic mass is 16.5. The zero-order valence-electron chi connectivity index (χ0n) is 15.2. The van der Waals surface area contributed by atoms with Crippen molar-refractivity contribution in [1.82, 2.24) is 16.0 Å².